The van der Waals surface area contributed by atoms with E-state index in [9.17, 15) is 0 Å². The van der Waals surface area contributed by atoms with Crippen LogP contribution in [0.15, 0.2) is 17.1 Å². The van der Waals surface area contributed by atoms with E-state index >= 15 is 0 Å². The predicted molar refractivity (Wildman–Crippen MR) is 92.9 cm³/mol. The number of guanidine groups is 1. The minimum absolute atomic E-state index is 0.316. The summed E-state index contributed by atoms with van der Waals surface area (Å²) in [6.07, 6.45) is 1.31. The number of nitrogens with two attached hydrogens (primary N) is 2. The molecule has 122 valence electrons. The molecule has 0 aromatic heterocycles. The predicted octanol–water partition coefficient (Wildman–Crippen LogP) is 0.776. The molecule has 1 saturated heterocycles. The van der Waals surface area contributed by atoms with Gasteiger partial charge in [0.05, 0.1) is 24.2 Å². The lowest BCUT2D eigenvalue weighted by atomic mass is 10.2. The smallest absolute Gasteiger partial charge is 0.192 e. The van der Waals surface area contributed by atoms with Crippen molar-refractivity contribution < 1.29 is 4.74 Å². The van der Waals surface area contributed by atoms with Crippen molar-refractivity contribution in [3.8, 4) is 5.75 Å². The first kappa shape index (κ1) is 16.2. The molecular weight excluding hydrogens is 280 g/mol. The molecule has 0 unspecified atom stereocenters. The second kappa shape index (κ2) is 7.22. The summed E-state index contributed by atoms with van der Waals surface area (Å²) in [5, 5.41) is 2.98. The lowest BCUT2D eigenvalue weighted by Crippen LogP contribution is -2.42. The molecule has 1 aliphatic heterocycles. The van der Waals surface area contributed by atoms with Crippen molar-refractivity contribution in [2.75, 3.05) is 63.3 Å². The van der Waals surface area contributed by atoms with Crippen LogP contribution < -0.4 is 26.4 Å². The van der Waals surface area contributed by atoms with E-state index in [2.05, 4.69) is 20.1 Å². The maximum Gasteiger partial charge on any atom is 0.192 e. The van der Waals surface area contributed by atoms with E-state index in [1.807, 2.05) is 19.2 Å². The number of nitrogens with one attached hydrogen (secondary N) is 1. The highest BCUT2D eigenvalue weighted by Gasteiger charge is 2.16. The summed E-state index contributed by atoms with van der Waals surface area (Å²) < 4.78 is 5.43. The van der Waals surface area contributed by atoms with Gasteiger partial charge in [0.25, 0.3) is 0 Å². The summed E-state index contributed by atoms with van der Waals surface area (Å²) in [7, 11) is 5.29. The normalized spacial score (nSPS) is 15.3. The SMILES string of the molecule is CN=C(N)Nc1cc(N)c(N(C)CCN2CCC2)cc1OC. The Bertz CT molecular complexity index is 541. The highest BCUT2D eigenvalue weighted by atomic mass is 16.5. The fourth-order valence-electron chi connectivity index (χ4n) is 2.39. The summed E-state index contributed by atoms with van der Waals surface area (Å²) >= 11 is 0. The van der Waals surface area contributed by atoms with Crippen molar-refractivity contribution in [1.29, 1.82) is 0 Å². The zero-order chi connectivity index (χ0) is 16.1. The Morgan fingerprint density at radius 2 is 2.18 bits per heavy atom. The maximum atomic E-state index is 6.18. The molecule has 1 aliphatic rings. The summed E-state index contributed by atoms with van der Waals surface area (Å²) in [4.78, 5) is 8.46. The number of hydrogen-bond acceptors (Lipinski definition) is 5. The van der Waals surface area contributed by atoms with E-state index in [1.54, 1.807) is 14.2 Å². The third kappa shape index (κ3) is 3.73. The van der Waals surface area contributed by atoms with Gasteiger partial charge in [-0.25, -0.2) is 0 Å². The average Bonchev–Trinajstić information content (AvgIpc) is 2.45. The zero-order valence-electron chi connectivity index (χ0n) is 13.6. The van der Waals surface area contributed by atoms with Gasteiger partial charge in [-0.05, 0) is 25.6 Å². The van der Waals surface area contributed by atoms with Crippen LogP contribution in [-0.4, -0.2) is 58.2 Å². The Kier molecular flexibility index (Phi) is 5.32. The maximum absolute atomic E-state index is 6.18. The third-order valence-electron chi connectivity index (χ3n) is 3.96. The van der Waals surface area contributed by atoms with Gasteiger partial charge in [-0.3, -0.25) is 4.99 Å². The monoisotopic (exact) mass is 306 g/mol. The van der Waals surface area contributed by atoms with Gasteiger partial charge in [0.1, 0.15) is 5.75 Å². The Morgan fingerprint density at radius 3 is 2.73 bits per heavy atom. The molecule has 1 heterocycles. The quantitative estimate of drug-likeness (QED) is 0.408. The second-order valence-corrected chi connectivity index (χ2v) is 5.46. The van der Waals surface area contributed by atoms with E-state index in [4.69, 9.17) is 16.2 Å². The number of nitrogen functional groups attached to an aromatic ring is 1. The second-order valence-electron chi connectivity index (χ2n) is 5.46. The molecule has 1 aromatic carbocycles. The summed E-state index contributed by atoms with van der Waals surface area (Å²) in [6, 6.07) is 3.75. The Morgan fingerprint density at radius 1 is 1.45 bits per heavy atom. The van der Waals surface area contributed by atoms with Crippen LogP contribution in [0.2, 0.25) is 0 Å². The van der Waals surface area contributed by atoms with Crippen molar-refractivity contribution in [2.45, 2.75) is 6.42 Å². The molecule has 2 rings (SSSR count). The summed E-state index contributed by atoms with van der Waals surface area (Å²) in [5.74, 6) is 1.00. The van der Waals surface area contributed by atoms with E-state index in [1.165, 1.54) is 19.5 Å². The molecule has 0 saturated carbocycles. The van der Waals surface area contributed by atoms with E-state index in [0.29, 0.717) is 23.1 Å². The van der Waals surface area contributed by atoms with Gasteiger partial charge in [-0.1, -0.05) is 0 Å². The number of rotatable bonds is 6. The molecule has 0 radical (unpaired) electrons. The van der Waals surface area contributed by atoms with Crippen LogP contribution in [0.4, 0.5) is 17.1 Å². The summed E-state index contributed by atoms with van der Waals surface area (Å²) in [6.45, 7) is 4.38. The Labute approximate surface area is 131 Å². The highest BCUT2D eigenvalue weighted by Crippen LogP contribution is 2.34. The number of likely N-dealkylation sites (N-methyl/N-ethyl adjacent to an activating group) is 1. The molecule has 1 fully saturated rings. The van der Waals surface area contributed by atoms with Crippen LogP contribution in [0.25, 0.3) is 0 Å². The van der Waals surface area contributed by atoms with Crippen LogP contribution >= 0.6 is 0 Å². The fourth-order valence-corrected chi connectivity index (χ4v) is 2.39. The molecule has 0 aliphatic carbocycles. The number of nitrogens with zero attached hydrogens (tertiary/aromatic N) is 3. The molecule has 1 aromatic rings. The molecule has 0 spiro atoms. The molecular formula is C15H26N6O. The van der Waals surface area contributed by atoms with Crippen LogP contribution in [-0.2, 0) is 0 Å². The molecule has 0 amide bonds. The van der Waals surface area contributed by atoms with Gasteiger partial charge < -0.3 is 31.3 Å². The zero-order valence-corrected chi connectivity index (χ0v) is 13.6. The molecule has 22 heavy (non-hydrogen) atoms. The van der Waals surface area contributed by atoms with Gasteiger partial charge in [0.15, 0.2) is 5.96 Å². The lowest BCUT2D eigenvalue weighted by molar-refractivity contribution is 0.186. The molecule has 0 bridgehead atoms. The molecule has 7 heteroatoms. The van der Waals surface area contributed by atoms with Gasteiger partial charge in [-0.2, -0.15) is 0 Å². The van der Waals surface area contributed by atoms with Crippen LogP contribution in [0, 0.1) is 0 Å². The van der Waals surface area contributed by atoms with Crippen LogP contribution in [0.1, 0.15) is 6.42 Å². The van der Waals surface area contributed by atoms with Crippen molar-refractivity contribution >= 4 is 23.0 Å². The first-order valence-corrected chi connectivity index (χ1v) is 7.45. The minimum Gasteiger partial charge on any atom is -0.494 e. The van der Waals surface area contributed by atoms with Crippen molar-refractivity contribution in [1.82, 2.24) is 4.90 Å². The van der Waals surface area contributed by atoms with Gasteiger partial charge in [-0.15, -0.1) is 0 Å². The molecule has 0 atom stereocenters. The molecule has 7 nitrogen and oxygen atoms in total. The minimum atomic E-state index is 0.316. The largest absolute Gasteiger partial charge is 0.494 e. The van der Waals surface area contributed by atoms with Gasteiger partial charge in [0.2, 0.25) is 0 Å². The van der Waals surface area contributed by atoms with Crippen molar-refractivity contribution in [3.63, 3.8) is 0 Å². The highest BCUT2D eigenvalue weighted by molar-refractivity contribution is 5.95. The Balaban J connectivity index is 2.13. The standard InChI is InChI=1S/C15H26N6O/c1-18-15(17)19-12-9-11(16)13(10-14(12)22-3)20(2)7-8-21-5-4-6-21/h9-10H,4-8,16H2,1-3H3,(H3,17,18,19). The third-order valence-corrected chi connectivity index (χ3v) is 3.96. The topological polar surface area (TPSA) is 92.1 Å². The van der Waals surface area contributed by atoms with Crippen LogP contribution in [0.5, 0.6) is 5.75 Å². The van der Waals surface area contributed by atoms with Gasteiger partial charge >= 0.3 is 0 Å². The van der Waals surface area contributed by atoms with Crippen LogP contribution in [0.3, 0.4) is 0 Å². The number of methoxy groups -OCH3 is 1. The first-order valence-electron chi connectivity index (χ1n) is 7.45. The number of hydrogen-bond donors (Lipinski definition) is 3. The van der Waals surface area contributed by atoms with Gasteiger partial charge in [0, 0.05) is 33.3 Å². The lowest BCUT2D eigenvalue weighted by Gasteiger charge is -2.33. The average molecular weight is 306 g/mol. The van der Waals surface area contributed by atoms with Crippen molar-refractivity contribution in [3.05, 3.63) is 12.1 Å². The Hall–Kier alpha value is -2.15. The summed E-state index contributed by atoms with van der Waals surface area (Å²) in [5.41, 5.74) is 14.2. The number of likely N-dealkylation sites (tertiary alicyclic amines) is 1. The molecule has 5 N–H and O–H groups in total. The first-order chi connectivity index (χ1) is 10.5. The van der Waals surface area contributed by atoms with E-state index in [-0.39, 0.29) is 0 Å². The number of aliphatic imine (C=N–C) groups is 1. The number of ether oxygens (including phenoxy) is 1. The van der Waals surface area contributed by atoms with Crippen molar-refractivity contribution in [2.24, 2.45) is 10.7 Å². The number of benzene rings is 1. The van der Waals surface area contributed by atoms with E-state index in [0.717, 1.165) is 18.8 Å². The number of anilines is 3. The fraction of sp³-hybridized carbons (Fsp3) is 0.533. The van der Waals surface area contributed by atoms with E-state index < -0.39 is 0 Å².